The predicted octanol–water partition coefficient (Wildman–Crippen LogP) is -48.5. The van der Waals surface area contributed by atoms with Crippen molar-refractivity contribution in [3.8, 4) is 0 Å². The lowest BCUT2D eigenvalue weighted by atomic mass is 8.17. The Morgan fingerprint density at radius 1 is 0.109 bits per heavy atom. The average Bonchev–Trinajstić information content (AvgIpc) is 0.701. The first kappa shape index (κ1) is 127. The molecule has 0 saturated heterocycles. The first-order valence-electron chi connectivity index (χ1n) is 38.0. The van der Waals surface area contributed by atoms with Gasteiger partial charge in [-0.05, 0) is 537 Å². The van der Waals surface area contributed by atoms with Gasteiger partial charge in [0.2, 0.25) is 0 Å². The molecule has 0 N–H and O–H groups in total. The van der Waals surface area contributed by atoms with Crippen molar-refractivity contribution in [1.29, 1.82) is 0 Å². The van der Waals surface area contributed by atoms with Gasteiger partial charge in [-0.2, -0.15) is 7.06 Å². The van der Waals surface area contributed by atoms with E-state index in [2.05, 4.69) is 0 Å². The third kappa shape index (κ3) is 34.1. The molecule has 119 heavy (non-hydrogen) atoms. The first-order chi connectivity index (χ1) is 54.2. The molecule has 0 aliphatic rings. The Kier molecular flexibility index (Phi) is 62.4. The van der Waals surface area contributed by atoms with Gasteiger partial charge in [0.05, 0.1) is 0 Å². The van der Waals surface area contributed by atoms with Crippen molar-refractivity contribution in [2.24, 2.45) is 0 Å². The molecule has 0 bridgehead atoms. The van der Waals surface area contributed by atoms with E-state index in [1.54, 1.807) is 7.06 Å². The standard InChI is InChI=1S/B119H12/c1-61-91(60)106(90(58)59)114(107(92(62(2)3)63(4)5)93(64(6)7)65(8)9)118(115(108(94(66(10)11)67(12)13)95(68(14)15)69(16)17)109(96(70(18)19)71(20)21)97(72(22)23)73(24)25)119(116(110(98(74(26)27)75(28)29)99(76(30)31)77(32)33)111(100(78(34)35)79(36)37)101(80(38)39)81(40)41)117(112(102(82(42)43)83(44)45)103(84(46)47)85(48)49)113(104(86(50)51)87(52)53)105(88(54)55)89(56)57/h1-4H3/q-4. The average molecular weight is 1300 g/mol. The SMILES string of the molecule is [B]B([B])B(B([B])[B])B(B(B([B])[B])B([B])[B])B(B(B(B([B])[B])B([B])[B])B(B([B])[B])B([B])[B])B(B(B(B([B])[B])B([B])[B][BH3-])B(B(B([B])[B])B([B])[B])B(B([B])[BH3-])B([BH3-])[BH3-])B(B(B(B(B([B])[B])B([B])[B])B(B([B])[B])B([B])[B])B(B(B([B])[B])B([B])[B])B(B([B])[B])B([B])[B])B(B(B(B([B])[B])B([B])[B])B(B([B])[B])B([B])[B])B(B(B([B])[B])B([B])[B])B(B([B])[B])B([B])[B]. The van der Waals surface area contributed by atoms with Gasteiger partial charge in [-0.25, -0.2) is 0 Å². The molecule has 0 heterocycles. The van der Waals surface area contributed by atoms with Crippen LogP contribution in [0.3, 0.4) is 0 Å². The molecule has 0 fully saturated rings. The molecule has 373 valence electrons. The summed E-state index contributed by atoms with van der Waals surface area (Å²) < 4.78 is 0. The Bertz CT molecular complexity index is 2070. The lowest BCUT2D eigenvalue weighted by molar-refractivity contribution is 3.11. The fourth-order valence-electron chi connectivity index (χ4n) is 20.9. The zero-order valence-electron chi connectivity index (χ0n) is 66.4. The van der Waals surface area contributed by atoms with Crippen molar-refractivity contribution in [1.82, 2.24) is 0 Å². The second kappa shape index (κ2) is 58.6. The van der Waals surface area contributed by atoms with E-state index in [4.69, 9.17) is 433 Å². The summed E-state index contributed by atoms with van der Waals surface area (Å²) in [7, 11) is 415. The van der Waals surface area contributed by atoms with Crippen LogP contribution in [-0.2, 0) is 0 Å². The third-order valence-corrected chi connectivity index (χ3v) is 24.7. The molecule has 0 spiro atoms. The number of hydrogen-bond acceptors (Lipinski definition) is 0. The highest BCUT2D eigenvalue weighted by Crippen LogP contribution is 2.32. The zero-order valence-corrected chi connectivity index (χ0v) is 66.4. The maximum Gasteiger partial charge on any atom is 0 e. The minimum Gasteiger partial charge on any atom is -0.264 e. The van der Waals surface area contributed by atoms with Gasteiger partial charge in [-0.15, -0.1) is 21.9 Å². The van der Waals surface area contributed by atoms with Gasteiger partial charge in [-0.3, -0.25) is 6.39 Å². The highest BCUT2D eigenvalue weighted by atomic mass is 13.5. The summed E-state index contributed by atoms with van der Waals surface area (Å²) in [5, 5.41) is 0. The van der Waals surface area contributed by atoms with Crippen LogP contribution in [0.5, 0.6) is 0 Å². The Balaban J connectivity index is 16.5. The van der Waals surface area contributed by atoms with Crippen molar-refractivity contribution in [2.75, 3.05) is 0 Å². The summed E-state index contributed by atoms with van der Waals surface area (Å²) in [5.41, 5.74) is 0. The molecular formula is H12B119-4. The minimum absolute atomic E-state index is 0.246. The lowest BCUT2D eigenvalue weighted by Gasteiger charge is -2.65. The quantitative estimate of drug-likeness (QED) is 0.0533. The Morgan fingerprint density at radius 2 is 0.185 bits per heavy atom. The fraction of sp³-hybridized carbons (Fsp3) is 0. The third-order valence-electron chi connectivity index (χ3n) is 24.7. The van der Waals surface area contributed by atoms with E-state index in [1.165, 1.54) is 0 Å². The van der Waals surface area contributed by atoms with E-state index in [0.29, 0.717) is 0 Å². The van der Waals surface area contributed by atoms with Gasteiger partial charge in [0.25, 0.3) is 0 Å². The Labute approximate surface area is 832 Å². The summed E-state index contributed by atoms with van der Waals surface area (Å²) in [6, 6.07) is 0. The molecule has 0 atom stereocenters. The fourth-order valence-corrected chi connectivity index (χ4v) is 20.9. The van der Waals surface area contributed by atoms with Crippen LogP contribution in [0.15, 0.2) is 0 Å². The van der Waals surface area contributed by atoms with E-state index in [9.17, 15) is 0 Å². The molecule has 0 saturated carbocycles. The Morgan fingerprint density at radius 3 is 0.252 bits per heavy atom. The maximum absolute atomic E-state index is 8.08. The summed E-state index contributed by atoms with van der Waals surface area (Å²) in [6.07, 6.45) is -107. The molecule has 113 radical (unpaired) electrons. The van der Waals surface area contributed by atoms with Gasteiger partial charge in [-0.1, -0.05) is 21.9 Å². The summed E-state index contributed by atoms with van der Waals surface area (Å²) in [6.45, 7) is 0. The van der Waals surface area contributed by atoms with Crippen LogP contribution in [0.25, 0.3) is 0 Å². The smallest absolute Gasteiger partial charge is 0 e. The van der Waals surface area contributed by atoms with E-state index in [1.807, 2.05) is 0 Å². The second-order valence-corrected chi connectivity index (χ2v) is 32.5. The minimum atomic E-state index is -2.39. The van der Waals surface area contributed by atoms with Gasteiger partial charge in [0.15, 0.2) is 0 Å². The lowest BCUT2D eigenvalue weighted by Crippen LogP contribution is -3.02. The molecule has 0 aromatic heterocycles. The summed E-state index contributed by atoms with van der Waals surface area (Å²) in [5.74, 6) is 0. The van der Waals surface area contributed by atoms with Crippen LogP contribution in [0.2, 0.25) is 0 Å². The predicted molar refractivity (Wildman–Crippen MR) is 701 cm³/mol. The van der Waals surface area contributed by atoms with Crippen molar-refractivity contribution in [3.05, 3.63) is 0 Å². The monoisotopic (exact) mass is 1320 g/mol. The highest BCUT2D eigenvalue weighted by Gasteiger charge is 2.70. The zero-order chi connectivity index (χ0) is 94.2. The number of rotatable bonds is 58. The Hall–Kier alpha value is 7.73. The molecule has 0 amide bonds. The largest absolute Gasteiger partial charge is 0.264 e. The molecule has 0 aromatic carbocycles. The van der Waals surface area contributed by atoms with Crippen molar-refractivity contribution in [2.45, 2.75) is 0 Å². The molecule has 0 rings (SSSR count). The van der Waals surface area contributed by atoms with E-state index >= 15 is 0 Å². The van der Waals surface area contributed by atoms with E-state index in [0.717, 1.165) is 0 Å². The van der Waals surface area contributed by atoms with E-state index in [-0.39, 0.29) is 6.39 Å². The normalized spacial score (nSPS) is 9.88. The van der Waals surface area contributed by atoms with Gasteiger partial charge in [0.1, 0.15) is 0 Å². The molecular weight excluding hydrogens is 1290 g/mol. The van der Waals surface area contributed by atoms with Crippen LogP contribution in [0.1, 0.15) is 0 Å². The van der Waals surface area contributed by atoms with Gasteiger partial charge >= 0.3 is 0 Å². The molecule has 0 aliphatic carbocycles. The molecule has 0 unspecified atom stereocenters. The van der Waals surface area contributed by atoms with Crippen LogP contribution in [0, 0.1) is 0 Å². The molecule has 0 nitrogen and oxygen atoms in total. The maximum atomic E-state index is 8.08. The van der Waals surface area contributed by atoms with Crippen LogP contribution in [-0.4, -0.2) is 842 Å². The number of hydrogen-bond donors (Lipinski definition) is 0. The molecule has 0 aromatic rings. The van der Waals surface area contributed by atoms with Crippen LogP contribution < -0.4 is 0 Å². The van der Waals surface area contributed by atoms with Crippen LogP contribution in [0.4, 0.5) is 0 Å². The van der Waals surface area contributed by atoms with Crippen molar-refractivity contribution < 1.29 is 0 Å². The van der Waals surface area contributed by atoms with Crippen LogP contribution >= 0.6 is 0 Å². The van der Waals surface area contributed by atoms with Crippen molar-refractivity contribution in [3.63, 3.8) is 0 Å². The van der Waals surface area contributed by atoms with E-state index < -0.39 is 395 Å². The van der Waals surface area contributed by atoms with Gasteiger partial charge < -0.3 is 0 Å². The van der Waals surface area contributed by atoms with Gasteiger partial charge in [0, 0.05) is 248 Å². The summed E-state index contributed by atoms with van der Waals surface area (Å²) >= 11 is 0. The molecule has 0 aliphatic heterocycles. The topological polar surface area (TPSA) is 0 Å². The highest BCUT2D eigenvalue weighted by molar-refractivity contribution is 8.46. The second-order valence-electron chi connectivity index (χ2n) is 32.5. The molecule has 119 heteroatoms. The van der Waals surface area contributed by atoms with Crippen molar-refractivity contribution >= 4 is 842 Å². The first-order valence-corrected chi connectivity index (χ1v) is 38.0. The summed E-state index contributed by atoms with van der Waals surface area (Å²) in [4.78, 5) is 0.